The molecule has 2 rings (SSSR count). The molecule has 1 aliphatic rings. The first-order chi connectivity index (χ1) is 10.6. The van der Waals surface area contributed by atoms with E-state index in [2.05, 4.69) is 10.2 Å². The number of hydrogen-bond acceptors (Lipinski definition) is 5. The van der Waals surface area contributed by atoms with E-state index in [0.29, 0.717) is 18.8 Å². The number of aliphatic hydroxyl groups excluding tert-OH is 1. The molecular weight excluding hydrogens is 288 g/mol. The Morgan fingerprint density at radius 2 is 2.05 bits per heavy atom. The number of amides is 2. The van der Waals surface area contributed by atoms with E-state index in [1.807, 2.05) is 0 Å². The Bertz CT molecular complexity index is 529. The zero-order valence-electron chi connectivity index (χ0n) is 12.3. The van der Waals surface area contributed by atoms with Crippen molar-refractivity contribution >= 4 is 17.4 Å². The second-order valence-corrected chi connectivity index (χ2v) is 5.14. The lowest BCUT2D eigenvalue weighted by Gasteiger charge is -2.34. The zero-order valence-corrected chi connectivity index (χ0v) is 12.3. The Morgan fingerprint density at radius 3 is 2.68 bits per heavy atom. The van der Waals surface area contributed by atoms with Gasteiger partial charge in [-0.25, -0.2) is 4.79 Å². The van der Waals surface area contributed by atoms with E-state index in [0.717, 1.165) is 26.1 Å². The number of urea groups is 1. The number of nitro benzene ring substituents is 1. The summed E-state index contributed by atoms with van der Waals surface area (Å²) in [5.41, 5.74) is 0.369. The lowest BCUT2D eigenvalue weighted by atomic mass is 10.2. The van der Waals surface area contributed by atoms with E-state index in [1.54, 1.807) is 17.0 Å². The van der Waals surface area contributed by atoms with Gasteiger partial charge in [-0.05, 0) is 12.5 Å². The SMILES string of the molecule is O=C(Nc1cccc([N+](=O)[O-])c1)N1CCN(CCCO)CC1. The summed E-state index contributed by atoms with van der Waals surface area (Å²) >= 11 is 0. The molecule has 1 aliphatic heterocycles. The first kappa shape index (κ1) is 16.2. The van der Waals surface area contributed by atoms with Crippen LogP contribution in [0.4, 0.5) is 16.2 Å². The van der Waals surface area contributed by atoms with Crippen molar-refractivity contribution in [1.82, 2.24) is 9.80 Å². The van der Waals surface area contributed by atoms with Gasteiger partial charge in [0, 0.05) is 57.2 Å². The first-order valence-corrected chi connectivity index (χ1v) is 7.24. The van der Waals surface area contributed by atoms with Crippen molar-refractivity contribution in [3.63, 3.8) is 0 Å². The number of carbonyl (C=O) groups is 1. The summed E-state index contributed by atoms with van der Waals surface area (Å²) in [5, 5.41) is 22.2. The molecule has 22 heavy (non-hydrogen) atoms. The molecule has 1 fully saturated rings. The normalized spacial score (nSPS) is 15.6. The van der Waals surface area contributed by atoms with E-state index in [1.165, 1.54) is 12.1 Å². The molecular formula is C14H20N4O4. The van der Waals surface area contributed by atoms with Gasteiger partial charge >= 0.3 is 6.03 Å². The summed E-state index contributed by atoms with van der Waals surface area (Å²) in [6.07, 6.45) is 0.736. The summed E-state index contributed by atoms with van der Waals surface area (Å²) in [6, 6.07) is 5.65. The molecule has 1 aromatic rings. The summed E-state index contributed by atoms with van der Waals surface area (Å²) in [4.78, 5) is 26.3. The van der Waals surface area contributed by atoms with Gasteiger partial charge in [0.15, 0.2) is 0 Å². The minimum atomic E-state index is -0.490. The molecule has 0 radical (unpaired) electrons. The maximum absolute atomic E-state index is 12.2. The van der Waals surface area contributed by atoms with Crippen LogP contribution in [0.5, 0.6) is 0 Å². The summed E-state index contributed by atoms with van der Waals surface area (Å²) in [7, 11) is 0. The molecule has 2 N–H and O–H groups in total. The number of benzene rings is 1. The third kappa shape index (κ3) is 4.40. The van der Waals surface area contributed by atoms with Gasteiger partial charge in [0.1, 0.15) is 0 Å². The van der Waals surface area contributed by atoms with Crippen molar-refractivity contribution in [3.05, 3.63) is 34.4 Å². The number of nitro groups is 1. The maximum atomic E-state index is 12.2. The Kier molecular flexibility index (Phi) is 5.68. The largest absolute Gasteiger partial charge is 0.396 e. The monoisotopic (exact) mass is 308 g/mol. The molecule has 8 heteroatoms. The predicted molar refractivity (Wildman–Crippen MR) is 81.8 cm³/mol. The third-order valence-corrected chi connectivity index (χ3v) is 3.60. The summed E-state index contributed by atoms with van der Waals surface area (Å²) in [6.45, 7) is 3.74. The van der Waals surface area contributed by atoms with Gasteiger partial charge in [-0.1, -0.05) is 6.07 Å². The molecule has 0 saturated carbocycles. The summed E-state index contributed by atoms with van der Waals surface area (Å²) in [5.74, 6) is 0. The zero-order chi connectivity index (χ0) is 15.9. The van der Waals surface area contributed by atoms with Crippen molar-refractivity contribution in [2.24, 2.45) is 0 Å². The highest BCUT2D eigenvalue weighted by Gasteiger charge is 2.21. The average Bonchev–Trinajstić information content (AvgIpc) is 2.53. The highest BCUT2D eigenvalue weighted by atomic mass is 16.6. The van der Waals surface area contributed by atoms with E-state index in [9.17, 15) is 14.9 Å². The quantitative estimate of drug-likeness (QED) is 0.627. The number of carbonyl (C=O) groups excluding carboxylic acids is 1. The molecule has 8 nitrogen and oxygen atoms in total. The lowest BCUT2D eigenvalue weighted by molar-refractivity contribution is -0.384. The average molecular weight is 308 g/mol. The first-order valence-electron chi connectivity index (χ1n) is 7.24. The number of rotatable bonds is 5. The molecule has 1 heterocycles. The predicted octanol–water partition coefficient (Wildman–Crippen LogP) is 1.13. The Morgan fingerprint density at radius 1 is 1.32 bits per heavy atom. The highest BCUT2D eigenvalue weighted by Crippen LogP contribution is 2.17. The topological polar surface area (TPSA) is 98.9 Å². The standard InChI is InChI=1S/C14H20N4O4/c19-10-2-5-16-6-8-17(9-7-16)14(20)15-12-3-1-4-13(11-12)18(21)22/h1,3-4,11,19H,2,5-10H2,(H,15,20). The fraction of sp³-hybridized carbons (Fsp3) is 0.500. The van der Waals surface area contributed by atoms with E-state index < -0.39 is 4.92 Å². The van der Waals surface area contributed by atoms with Gasteiger partial charge in [0.05, 0.1) is 4.92 Å². The third-order valence-electron chi connectivity index (χ3n) is 3.60. The van der Waals surface area contributed by atoms with Crippen LogP contribution in [0, 0.1) is 10.1 Å². The van der Waals surface area contributed by atoms with Crippen LogP contribution in [0.1, 0.15) is 6.42 Å². The van der Waals surface area contributed by atoms with E-state index >= 15 is 0 Å². The van der Waals surface area contributed by atoms with Crippen molar-refractivity contribution in [2.45, 2.75) is 6.42 Å². The molecule has 0 spiro atoms. The second-order valence-electron chi connectivity index (χ2n) is 5.14. The van der Waals surface area contributed by atoms with Crippen LogP contribution in [0.3, 0.4) is 0 Å². The number of nitrogens with one attached hydrogen (secondary N) is 1. The van der Waals surface area contributed by atoms with Crippen LogP contribution in [-0.2, 0) is 0 Å². The van der Waals surface area contributed by atoms with Crippen LogP contribution in [0.15, 0.2) is 24.3 Å². The van der Waals surface area contributed by atoms with Crippen LogP contribution in [0.25, 0.3) is 0 Å². The number of non-ortho nitro benzene ring substituents is 1. The van der Waals surface area contributed by atoms with Crippen LogP contribution >= 0.6 is 0 Å². The van der Waals surface area contributed by atoms with Crippen molar-refractivity contribution in [1.29, 1.82) is 0 Å². The molecule has 1 saturated heterocycles. The molecule has 120 valence electrons. The van der Waals surface area contributed by atoms with Crippen molar-refractivity contribution < 1.29 is 14.8 Å². The number of anilines is 1. The van der Waals surface area contributed by atoms with Gasteiger partial charge in [0.25, 0.3) is 5.69 Å². The highest BCUT2D eigenvalue weighted by molar-refractivity contribution is 5.89. The molecule has 0 aromatic heterocycles. The number of nitrogens with zero attached hydrogens (tertiary/aromatic N) is 3. The lowest BCUT2D eigenvalue weighted by Crippen LogP contribution is -2.50. The summed E-state index contributed by atoms with van der Waals surface area (Å²) < 4.78 is 0. The van der Waals surface area contributed by atoms with Crippen LogP contribution in [-0.4, -0.2) is 65.2 Å². The Labute approximate surface area is 128 Å². The molecule has 0 atom stereocenters. The van der Waals surface area contributed by atoms with Crippen molar-refractivity contribution in [3.8, 4) is 0 Å². The molecule has 0 aliphatic carbocycles. The molecule has 1 aromatic carbocycles. The fourth-order valence-electron chi connectivity index (χ4n) is 2.37. The Balaban J connectivity index is 1.85. The number of piperazine rings is 1. The van der Waals surface area contributed by atoms with E-state index in [4.69, 9.17) is 5.11 Å². The van der Waals surface area contributed by atoms with Gasteiger partial charge in [-0.15, -0.1) is 0 Å². The van der Waals surface area contributed by atoms with Gasteiger partial charge in [0.2, 0.25) is 0 Å². The minimum absolute atomic E-state index is 0.0494. The second kappa shape index (κ2) is 7.71. The Hall–Kier alpha value is -2.19. The van der Waals surface area contributed by atoms with Crippen LogP contribution in [0.2, 0.25) is 0 Å². The maximum Gasteiger partial charge on any atom is 0.321 e. The molecule has 0 bridgehead atoms. The van der Waals surface area contributed by atoms with Crippen molar-refractivity contribution in [2.75, 3.05) is 44.6 Å². The molecule has 0 unspecified atom stereocenters. The number of aliphatic hydroxyl groups is 1. The molecule has 2 amide bonds. The minimum Gasteiger partial charge on any atom is -0.396 e. The number of hydrogen-bond donors (Lipinski definition) is 2. The fourth-order valence-corrected chi connectivity index (χ4v) is 2.37. The van der Waals surface area contributed by atoms with Gasteiger partial charge in [-0.3, -0.25) is 15.0 Å². The van der Waals surface area contributed by atoms with E-state index in [-0.39, 0.29) is 18.3 Å². The van der Waals surface area contributed by atoms with Gasteiger partial charge < -0.3 is 15.3 Å². The van der Waals surface area contributed by atoms with Crippen LogP contribution < -0.4 is 5.32 Å². The van der Waals surface area contributed by atoms with Gasteiger partial charge in [-0.2, -0.15) is 0 Å². The smallest absolute Gasteiger partial charge is 0.321 e.